The van der Waals surface area contributed by atoms with E-state index in [1.54, 1.807) is 0 Å². The van der Waals surface area contributed by atoms with E-state index in [0.717, 1.165) is 23.0 Å². The SMILES string of the molecule is CCOc1ccc(C(c2ccc(OCC)cc2)C(c2ccc(OCC)cc2)c2ccc(OCC)cc2)cc1. The highest BCUT2D eigenvalue weighted by molar-refractivity contribution is 5.48. The maximum absolute atomic E-state index is 5.75. The Hall–Kier alpha value is -3.92. The molecule has 0 spiro atoms. The van der Waals surface area contributed by atoms with Crippen LogP contribution < -0.4 is 18.9 Å². The molecular weight excluding hydrogens is 472 g/mol. The lowest BCUT2D eigenvalue weighted by molar-refractivity contribution is 0.339. The quantitative estimate of drug-likeness (QED) is 0.181. The van der Waals surface area contributed by atoms with Crippen LogP contribution in [0.4, 0.5) is 0 Å². The Labute approximate surface area is 227 Å². The van der Waals surface area contributed by atoms with E-state index < -0.39 is 0 Å². The molecule has 4 heteroatoms. The molecule has 0 bridgehead atoms. The van der Waals surface area contributed by atoms with Crippen LogP contribution in [0.15, 0.2) is 97.1 Å². The standard InChI is InChI=1S/C34H38O4/c1-5-35-29-17-9-25(10-18-29)33(26-11-19-30(20-12-26)36-6-2)34(27-13-21-31(22-14-27)37-7-3)28-15-23-32(24-16-28)38-8-4/h9-24,33-34H,5-8H2,1-4H3. The summed E-state index contributed by atoms with van der Waals surface area (Å²) in [5, 5.41) is 0. The predicted molar refractivity (Wildman–Crippen MR) is 154 cm³/mol. The largest absolute Gasteiger partial charge is 0.494 e. The van der Waals surface area contributed by atoms with Crippen molar-refractivity contribution in [3.8, 4) is 23.0 Å². The molecule has 0 aromatic heterocycles. The minimum atomic E-state index is 0.0530. The zero-order chi connectivity index (χ0) is 26.7. The number of hydrogen-bond donors (Lipinski definition) is 0. The van der Waals surface area contributed by atoms with Gasteiger partial charge in [0.25, 0.3) is 0 Å². The Kier molecular flexibility index (Phi) is 9.69. The first-order valence-electron chi connectivity index (χ1n) is 13.6. The molecule has 4 aromatic carbocycles. The van der Waals surface area contributed by atoms with Crippen LogP contribution in [0.3, 0.4) is 0 Å². The van der Waals surface area contributed by atoms with Gasteiger partial charge >= 0.3 is 0 Å². The highest BCUT2D eigenvalue weighted by Gasteiger charge is 2.28. The summed E-state index contributed by atoms with van der Waals surface area (Å²) in [7, 11) is 0. The van der Waals surface area contributed by atoms with Crippen molar-refractivity contribution in [1.82, 2.24) is 0 Å². The summed E-state index contributed by atoms with van der Waals surface area (Å²) in [5.74, 6) is 3.61. The zero-order valence-corrected chi connectivity index (χ0v) is 22.9. The molecule has 0 aliphatic carbocycles. The van der Waals surface area contributed by atoms with E-state index in [2.05, 4.69) is 97.1 Å². The molecule has 0 N–H and O–H groups in total. The maximum atomic E-state index is 5.75. The third-order valence-electron chi connectivity index (χ3n) is 6.53. The Morgan fingerprint density at radius 3 is 0.684 bits per heavy atom. The average molecular weight is 511 g/mol. The van der Waals surface area contributed by atoms with Crippen LogP contribution in [0.25, 0.3) is 0 Å². The van der Waals surface area contributed by atoms with Gasteiger partial charge in [0.15, 0.2) is 0 Å². The molecule has 0 aliphatic rings. The molecule has 0 aliphatic heterocycles. The predicted octanol–water partition coefficient (Wildman–Crippen LogP) is 8.25. The molecule has 0 saturated heterocycles. The van der Waals surface area contributed by atoms with E-state index in [9.17, 15) is 0 Å². The first kappa shape index (κ1) is 27.1. The van der Waals surface area contributed by atoms with Gasteiger partial charge in [0, 0.05) is 11.8 Å². The van der Waals surface area contributed by atoms with Crippen molar-refractivity contribution in [1.29, 1.82) is 0 Å². The lowest BCUT2D eigenvalue weighted by atomic mass is 9.73. The lowest BCUT2D eigenvalue weighted by Crippen LogP contribution is -2.15. The van der Waals surface area contributed by atoms with Gasteiger partial charge in [0.05, 0.1) is 26.4 Å². The van der Waals surface area contributed by atoms with Crippen molar-refractivity contribution in [2.75, 3.05) is 26.4 Å². The minimum absolute atomic E-state index is 0.0530. The molecule has 4 aromatic rings. The number of hydrogen-bond acceptors (Lipinski definition) is 4. The highest BCUT2D eigenvalue weighted by Crippen LogP contribution is 2.44. The van der Waals surface area contributed by atoms with Crippen molar-refractivity contribution < 1.29 is 18.9 Å². The van der Waals surface area contributed by atoms with Crippen LogP contribution in [0, 0.1) is 0 Å². The van der Waals surface area contributed by atoms with E-state index >= 15 is 0 Å². The number of benzene rings is 4. The second-order valence-corrected chi connectivity index (χ2v) is 8.96. The normalized spacial score (nSPS) is 11.0. The summed E-state index contributed by atoms with van der Waals surface area (Å²) in [5.41, 5.74) is 4.85. The molecule has 4 rings (SSSR count). The summed E-state index contributed by atoms with van der Waals surface area (Å²) in [6.07, 6.45) is 0. The summed E-state index contributed by atoms with van der Waals surface area (Å²) < 4.78 is 23.0. The molecule has 0 fully saturated rings. The molecule has 0 saturated carbocycles. The van der Waals surface area contributed by atoms with Gasteiger partial charge in [-0.1, -0.05) is 48.5 Å². The molecule has 38 heavy (non-hydrogen) atoms. The van der Waals surface area contributed by atoms with Crippen LogP contribution in [0.2, 0.25) is 0 Å². The van der Waals surface area contributed by atoms with Gasteiger partial charge in [-0.2, -0.15) is 0 Å². The topological polar surface area (TPSA) is 36.9 Å². The number of ether oxygens (including phenoxy) is 4. The van der Waals surface area contributed by atoms with Gasteiger partial charge in [0.2, 0.25) is 0 Å². The van der Waals surface area contributed by atoms with E-state index in [1.807, 2.05) is 27.7 Å². The van der Waals surface area contributed by atoms with E-state index in [-0.39, 0.29) is 11.8 Å². The fourth-order valence-electron chi connectivity index (χ4n) is 4.91. The fraction of sp³-hybridized carbons (Fsp3) is 0.294. The molecule has 198 valence electrons. The Balaban J connectivity index is 1.85. The molecule has 4 nitrogen and oxygen atoms in total. The third kappa shape index (κ3) is 6.69. The van der Waals surface area contributed by atoms with Gasteiger partial charge in [-0.3, -0.25) is 0 Å². The minimum Gasteiger partial charge on any atom is -0.494 e. The van der Waals surface area contributed by atoms with E-state index in [4.69, 9.17) is 18.9 Å². The third-order valence-corrected chi connectivity index (χ3v) is 6.53. The van der Waals surface area contributed by atoms with Gasteiger partial charge < -0.3 is 18.9 Å². The molecule has 0 unspecified atom stereocenters. The molecule has 0 heterocycles. The van der Waals surface area contributed by atoms with Crippen molar-refractivity contribution in [2.45, 2.75) is 39.5 Å². The first-order valence-corrected chi connectivity index (χ1v) is 13.6. The molecule has 0 radical (unpaired) electrons. The van der Waals surface area contributed by atoms with Crippen LogP contribution in [0.5, 0.6) is 23.0 Å². The fourth-order valence-corrected chi connectivity index (χ4v) is 4.91. The summed E-state index contributed by atoms with van der Waals surface area (Å²) in [4.78, 5) is 0. The summed E-state index contributed by atoms with van der Waals surface area (Å²) in [6, 6.07) is 34.0. The van der Waals surface area contributed by atoms with Gasteiger partial charge in [-0.05, 0) is 98.5 Å². The Bertz CT molecular complexity index is 1030. The maximum Gasteiger partial charge on any atom is 0.119 e. The van der Waals surface area contributed by atoms with E-state index in [1.165, 1.54) is 22.3 Å². The van der Waals surface area contributed by atoms with Crippen LogP contribution >= 0.6 is 0 Å². The van der Waals surface area contributed by atoms with Crippen molar-refractivity contribution in [2.24, 2.45) is 0 Å². The summed E-state index contributed by atoms with van der Waals surface area (Å²) in [6.45, 7) is 10.6. The van der Waals surface area contributed by atoms with Crippen LogP contribution in [0.1, 0.15) is 61.8 Å². The second kappa shape index (κ2) is 13.6. The monoisotopic (exact) mass is 510 g/mol. The average Bonchev–Trinajstić information content (AvgIpc) is 2.95. The van der Waals surface area contributed by atoms with Crippen LogP contribution in [-0.2, 0) is 0 Å². The Morgan fingerprint density at radius 1 is 0.342 bits per heavy atom. The smallest absolute Gasteiger partial charge is 0.119 e. The highest BCUT2D eigenvalue weighted by atomic mass is 16.5. The van der Waals surface area contributed by atoms with Crippen molar-refractivity contribution in [3.05, 3.63) is 119 Å². The van der Waals surface area contributed by atoms with Gasteiger partial charge in [-0.25, -0.2) is 0 Å². The van der Waals surface area contributed by atoms with Crippen LogP contribution in [-0.4, -0.2) is 26.4 Å². The number of rotatable bonds is 13. The van der Waals surface area contributed by atoms with E-state index in [0.29, 0.717) is 26.4 Å². The Morgan fingerprint density at radius 2 is 0.526 bits per heavy atom. The lowest BCUT2D eigenvalue weighted by Gasteiger charge is -2.30. The van der Waals surface area contributed by atoms with Gasteiger partial charge in [0.1, 0.15) is 23.0 Å². The first-order chi connectivity index (χ1) is 18.7. The molecular formula is C34H38O4. The summed E-state index contributed by atoms with van der Waals surface area (Å²) >= 11 is 0. The second-order valence-electron chi connectivity index (χ2n) is 8.96. The molecule has 0 atom stereocenters. The zero-order valence-electron chi connectivity index (χ0n) is 22.9. The van der Waals surface area contributed by atoms with Gasteiger partial charge in [-0.15, -0.1) is 0 Å². The van der Waals surface area contributed by atoms with Crippen molar-refractivity contribution >= 4 is 0 Å². The molecule has 0 amide bonds. The van der Waals surface area contributed by atoms with Crippen molar-refractivity contribution in [3.63, 3.8) is 0 Å².